The Balaban J connectivity index is 1.92. The Morgan fingerprint density at radius 3 is 2.76 bits per heavy atom. The van der Waals surface area contributed by atoms with Crippen LogP contribution in [0.5, 0.6) is 5.75 Å². The number of nitrogens with one attached hydrogen (secondary N) is 2. The maximum Gasteiger partial charge on any atom is 0.265 e. The van der Waals surface area contributed by atoms with E-state index in [1.54, 1.807) is 24.3 Å². The fourth-order valence-corrected chi connectivity index (χ4v) is 1.99. The van der Waals surface area contributed by atoms with Crippen molar-refractivity contribution in [1.82, 2.24) is 10.9 Å². The van der Waals surface area contributed by atoms with Gasteiger partial charge in [-0.3, -0.25) is 10.2 Å². The van der Waals surface area contributed by atoms with E-state index >= 15 is 0 Å². The van der Waals surface area contributed by atoms with Gasteiger partial charge in [-0.2, -0.15) is 0 Å². The van der Waals surface area contributed by atoms with Crippen LogP contribution < -0.4 is 15.6 Å². The fraction of sp³-hybridized carbons (Fsp3) is 0.462. The molecule has 1 aromatic carbocycles. The van der Waals surface area contributed by atoms with Crippen LogP contribution >= 0.6 is 0 Å². The molecular formula is C13H18N2O6. The molecular weight excluding hydrogens is 280 g/mol. The van der Waals surface area contributed by atoms with Gasteiger partial charge >= 0.3 is 0 Å². The van der Waals surface area contributed by atoms with Gasteiger partial charge in [0.25, 0.3) is 5.91 Å². The lowest BCUT2D eigenvalue weighted by molar-refractivity contribution is -0.0375. The summed E-state index contributed by atoms with van der Waals surface area (Å²) in [4.78, 5) is 11.9. The molecule has 1 aliphatic rings. The first-order valence-electron chi connectivity index (χ1n) is 6.39. The molecule has 21 heavy (non-hydrogen) atoms. The van der Waals surface area contributed by atoms with E-state index in [-0.39, 0.29) is 0 Å². The molecule has 8 nitrogen and oxygen atoms in total. The number of methoxy groups -OCH3 is 1. The molecule has 2 rings (SSSR count). The lowest BCUT2D eigenvalue weighted by atomic mass is 10.1. The van der Waals surface area contributed by atoms with Gasteiger partial charge in [0.15, 0.2) is 6.23 Å². The quantitative estimate of drug-likeness (QED) is 0.414. The van der Waals surface area contributed by atoms with E-state index in [1.165, 1.54) is 7.11 Å². The number of benzene rings is 1. The van der Waals surface area contributed by atoms with Crippen molar-refractivity contribution >= 4 is 5.91 Å². The lowest BCUT2D eigenvalue weighted by Crippen LogP contribution is -2.49. The highest BCUT2D eigenvalue weighted by Gasteiger charge is 2.42. The van der Waals surface area contributed by atoms with E-state index < -0.39 is 37.1 Å². The van der Waals surface area contributed by atoms with Crippen molar-refractivity contribution in [3.8, 4) is 5.75 Å². The summed E-state index contributed by atoms with van der Waals surface area (Å²) in [6.45, 7) is -0.430. The van der Waals surface area contributed by atoms with Crippen molar-refractivity contribution in [2.24, 2.45) is 0 Å². The highest BCUT2D eigenvalue weighted by Crippen LogP contribution is 2.19. The third-order valence-corrected chi connectivity index (χ3v) is 3.20. The molecule has 0 spiro atoms. The maximum atomic E-state index is 11.9. The number of amides is 1. The number of aliphatic hydroxyl groups excluding tert-OH is 3. The normalized spacial score (nSPS) is 28.4. The topological polar surface area (TPSA) is 120 Å². The van der Waals surface area contributed by atoms with Crippen molar-refractivity contribution < 1.29 is 29.6 Å². The molecule has 8 heteroatoms. The summed E-state index contributed by atoms with van der Waals surface area (Å²) < 4.78 is 10.2. The SMILES string of the molecule is COc1cccc(C(=O)NN[C@@H]2O[C@@H](CO)[C@@H](O)[C@H]2O)c1. The average molecular weight is 298 g/mol. The summed E-state index contributed by atoms with van der Waals surface area (Å²) in [5.41, 5.74) is 5.20. The molecule has 1 aromatic rings. The lowest BCUT2D eigenvalue weighted by Gasteiger charge is -2.17. The molecule has 1 fully saturated rings. The minimum absolute atomic E-state index is 0.355. The van der Waals surface area contributed by atoms with Crippen LogP contribution in [-0.2, 0) is 4.74 Å². The number of hydrogen-bond donors (Lipinski definition) is 5. The molecule has 0 aliphatic carbocycles. The third-order valence-electron chi connectivity index (χ3n) is 3.20. The number of hydrazine groups is 1. The minimum atomic E-state index is -1.26. The molecule has 0 radical (unpaired) electrons. The zero-order valence-corrected chi connectivity index (χ0v) is 11.4. The number of carbonyl (C=O) groups is 1. The Morgan fingerprint density at radius 2 is 2.14 bits per heavy atom. The maximum absolute atomic E-state index is 11.9. The second kappa shape index (κ2) is 6.83. The smallest absolute Gasteiger partial charge is 0.265 e. The van der Waals surface area contributed by atoms with Crippen molar-refractivity contribution in [2.75, 3.05) is 13.7 Å². The van der Waals surface area contributed by atoms with Crippen LogP contribution in [0.2, 0.25) is 0 Å². The monoisotopic (exact) mass is 298 g/mol. The average Bonchev–Trinajstić information content (AvgIpc) is 2.80. The number of aliphatic hydroxyl groups is 3. The van der Waals surface area contributed by atoms with Gasteiger partial charge in [0.2, 0.25) is 0 Å². The highest BCUT2D eigenvalue weighted by molar-refractivity contribution is 5.94. The van der Waals surface area contributed by atoms with E-state index in [0.717, 1.165) is 0 Å². The summed E-state index contributed by atoms with van der Waals surface area (Å²) in [7, 11) is 1.49. The van der Waals surface area contributed by atoms with Crippen LogP contribution in [0.15, 0.2) is 24.3 Å². The Morgan fingerprint density at radius 1 is 1.38 bits per heavy atom. The zero-order chi connectivity index (χ0) is 15.4. The van der Waals surface area contributed by atoms with Gasteiger partial charge in [0, 0.05) is 5.56 Å². The van der Waals surface area contributed by atoms with Crippen molar-refractivity contribution in [1.29, 1.82) is 0 Å². The van der Waals surface area contributed by atoms with Gasteiger partial charge in [-0.15, -0.1) is 0 Å². The molecule has 116 valence electrons. The molecule has 4 atom stereocenters. The Hall–Kier alpha value is -1.71. The summed E-state index contributed by atoms with van der Waals surface area (Å²) >= 11 is 0. The fourth-order valence-electron chi connectivity index (χ4n) is 1.99. The van der Waals surface area contributed by atoms with Crippen LogP contribution in [0.25, 0.3) is 0 Å². The van der Waals surface area contributed by atoms with Crippen molar-refractivity contribution in [2.45, 2.75) is 24.5 Å². The van der Waals surface area contributed by atoms with Crippen LogP contribution in [0.1, 0.15) is 10.4 Å². The molecule has 1 amide bonds. The number of hydrogen-bond acceptors (Lipinski definition) is 7. The molecule has 0 aromatic heterocycles. The minimum Gasteiger partial charge on any atom is -0.497 e. The van der Waals surface area contributed by atoms with Crippen LogP contribution in [0.4, 0.5) is 0 Å². The molecule has 1 heterocycles. The molecule has 0 saturated carbocycles. The predicted octanol–water partition coefficient (Wildman–Crippen LogP) is -1.63. The molecule has 0 bridgehead atoms. The van der Waals surface area contributed by atoms with Crippen LogP contribution in [0, 0.1) is 0 Å². The van der Waals surface area contributed by atoms with E-state index in [4.69, 9.17) is 14.6 Å². The van der Waals surface area contributed by atoms with Crippen molar-refractivity contribution in [3.05, 3.63) is 29.8 Å². The molecule has 5 N–H and O–H groups in total. The Bertz CT molecular complexity index is 497. The van der Waals surface area contributed by atoms with Gasteiger partial charge in [0.05, 0.1) is 13.7 Å². The van der Waals surface area contributed by atoms with Crippen LogP contribution in [0.3, 0.4) is 0 Å². The Kier molecular flexibility index (Phi) is 5.10. The van der Waals surface area contributed by atoms with E-state index in [0.29, 0.717) is 11.3 Å². The third kappa shape index (κ3) is 3.49. The first kappa shape index (κ1) is 15.7. The molecule has 1 saturated heterocycles. The van der Waals surface area contributed by atoms with Gasteiger partial charge in [0.1, 0.15) is 24.1 Å². The summed E-state index contributed by atoms with van der Waals surface area (Å²) in [5.74, 6) is 0.0854. The van der Waals surface area contributed by atoms with Gasteiger partial charge in [-0.1, -0.05) is 6.07 Å². The van der Waals surface area contributed by atoms with Crippen molar-refractivity contribution in [3.63, 3.8) is 0 Å². The zero-order valence-electron chi connectivity index (χ0n) is 11.4. The summed E-state index contributed by atoms with van der Waals surface area (Å²) in [6.07, 6.45) is -4.38. The standard InChI is InChI=1S/C13H18N2O6/c1-20-8-4-2-3-7(5-8)12(19)14-15-13-11(18)10(17)9(6-16)21-13/h2-5,9-11,13,15-18H,6H2,1H3,(H,14,19)/t9-,10+,11+,13+/m0/s1. The van der Waals surface area contributed by atoms with E-state index in [1.807, 2.05) is 0 Å². The summed E-state index contributed by atoms with van der Waals surface area (Å²) in [6, 6.07) is 6.52. The van der Waals surface area contributed by atoms with Crippen LogP contribution in [-0.4, -0.2) is 59.5 Å². The van der Waals surface area contributed by atoms with E-state index in [2.05, 4.69) is 10.9 Å². The van der Waals surface area contributed by atoms with Gasteiger partial charge < -0.3 is 24.8 Å². The summed E-state index contributed by atoms with van der Waals surface area (Å²) in [5, 5.41) is 28.2. The first-order chi connectivity index (χ1) is 10.1. The predicted molar refractivity (Wildman–Crippen MR) is 71.4 cm³/mol. The second-order valence-electron chi connectivity index (χ2n) is 4.59. The molecule has 1 aliphatic heterocycles. The highest BCUT2D eigenvalue weighted by atomic mass is 16.6. The number of ether oxygens (including phenoxy) is 2. The van der Waals surface area contributed by atoms with Gasteiger partial charge in [-0.05, 0) is 18.2 Å². The largest absolute Gasteiger partial charge is 0.497 e. The second-order valence-corrected chi connectivity index (χ2v) is 4.59. The Labute approximate surface area is 121 Å². The van der Waals surface area contributed by atoms with E-state index in [9.17, 15) is 15.0 Å². The van der Waals surface area contributed by atoms with Gasteiger partial charge in [-0.25, -0.2) is 5.43 Å². The first-order valence-corrected chi connectivity index (χ1v) is 6.39. The number of carbonyl (C=O) groups excluding carboxylic acids is 1. The molecule has 0 unspecified atom stereocenters. The number of rotatable bonds is 5.